The average Bonchev–Trinajstić information content (AvgIpc) is 3.53. The highest BCUT2D eigenvalue weighted by Crippen LogP contribution is 2.25. The molecular weight excluding hydrogens is 398 g/mol. The van der Waals surface area contributed by atoms with Crippen molar-refractivity contribution in [2.45, 2.75) is 12.5 Å². The summed E-state index contributed by atoms with van der Waals surface area (Å²) in [5.74, 6) is 0.747. The van der Waals surface area contributed by atoms with E-state index in [0.717, 1.165) is 28.5 Å². The second-order valence-electron chi connectivity index (χ2n) is 7.72. The molecule has 0 radical (unpaired) electrons. The lowest BCUT2D eigenvalue weighted by Crippen LogP contribution is -2.30. The lowest BCUT2D eigenvalue weighted by molar-refractivity contribution is 0.0945. The van der Waals surface area contributed by atoms with E-state index in [2.05, 4.69) is 37.7 Å². The van der Waals surface area contributed by atoms with Gasteiger partial charge in [0.05, 0.1) is 6.04 Å². The fourth-order valence-electron chi connectivity index (χ4n) is 4.00. The highest BCUT2D eigenvalue weighted by molar-refractivity contribution is 6.10. The topological polar surface area (TPSA) is 82.0 Å². The number of hydrogen-bond acceptors (Lipinski definition) is 5. The average molecular weight is 422 g/mol. The summed E-state index contributed by atoms with van der Waals surface area (Å²) in [6.07, 6.45) is 2.62. The van der Waals surface area contributed by atoms with E-state index >= 15 is 0 Å². The molecule has 0 fully saturated rings. The van der Waals surface area contributed by atoms with Gasteiger partial charge in [0.15, 0.2) is 18.3 Å². The van der Waals surface area contributed by atoms with Crippen LogP contribution in [0.3, 0.4) is 0 Å². The van der Waals surface area contributed by atoms with Gasteiger partial charge in [0.2, 0.25) is 0 Å². The Labute approximate surface area is 186 Å². The van der Waals surface area contributed by atoms with Gasteiger partial charge in [-0.15, -0.1) is 5.11 Å². The highest BCUT2D eigenvalue weighted by Gasteiger charge is 2.23. The van der Waals surface area contributed by atoms with Crippen LogP contribution in [0.15, 0.2) is 100 Å². The predicted molar refractivity (Wildman–Crippen MR) is 126 cm³/mol. The molecule has 0 spiro atoms. The minimum Gasteiger partial charge on any atom is -0.360 e. The summed E-state index contributed by atoms with van der Waals surface area (Å²) in [6.45, 7) is 1.08. The third kappa shape index (κ3) is 4.13. The van der Waals surface area contributed by atoms with E-state index in [9.17, 15) is 4.79 Å². The van der Waals surface area contributed by atoms with Gasteiger partial charge < -0.3 is 10.3 Å². The monoisotopic (exact) mass is 421 g/mol. The normalized spacial score (nSPS) is 13.9. The highest BCUT2D eigenvalue weighted by atomic mass is 16.1. The Morgan fingerprint density at radius 1 is 0.969 bits per heavy atom. The number of H-pyrrole nitrogens is 1. The first kappa shape index (κ1) is 20.0. The molecule has 0 amide bonds. The number of hydrogen-bond donors (Lipinski definition) is 2. The second kappa shape index (κ2) is 9.08. The molecular formula is C26H23N5O. The van der Waals surface area contributed by atoms with Crippen molar-refractivity contribution in [3.8, 4) is 0 Å². The largest absolute Gasteiger partial charge is 0.360 e. The van der Waals surface area contributed by atoms with Gasteiger partial charge in [0, 0.05) is 34.8 Å². The molecule has 0 unspecified atom stereocenters. The third-order valence-corrected chi connectivity index (χ3v) is 5.67. The molecule has 0 aliphatic carbocycles. The molecule has 4 aromatic rings. The smallest absolute Gasteiger partial charge is 0.186 e. The maximum Gasteiger partial charge on any atom is 0.186 e. The molecule has 0 bridgehead atoms. The van der Waals surface area contributed by atoms with Crippen molar-refractivity contribution >= 4 is 22.5 Å². The van der Waals surface area contributed by atoms with Crippen molar-refractivity contribution in [1.82, 2.24) is 10.3 Å². The number of ketones is 1. The molecule has 158 valence electrons. The van der Waals surface area contributed by atoms with Crippen LogP contribution >= 0.6 is 0 Å². The Balaban J connectivity index is 1.32. The predicted octanol–water partition coefficient (Wildman–Crippen LogP) is 5.09. The molecule has 2 heterocycles. The zero-order chi connectivity index (χ0) is 21.8. The molecule has 0 saturated carbocycles. The number of carbonyl (C=O) groups is 1. The van der Waals surface area contributed by atoms with E-state index in [-0.39, 0.29) is 5.78 Å². The number of amidine groups is 1. The number of Topliss-reactive ketones (excluding diaryl/α,β-unsaturated/α-hetero) is 1. The van der Waals surface area contributed by atoms with E-state index < -0.39 is 6.04 Å². The Morgan fingerprint density at radius 2 is 1.75 bits per heavy atom. The lowest BCUT2D eigenvalue weighted by Gasteiger charge is -2.18. The molecule has 2 N–H and O–H groups in total. The van der Waals surface area contributed by atoms with Gasteiger partial charge in [-0.2, -0.15) is 5.11 Å². The number of benzene rings is 3. The summed E-state index contributed by atoms with van der Waals surface area (Å²) in [6, 6.07) is 25.6. The standard InChI is InChI=1S/C26H23N5O/c32-25(22-16-28-23-9-5-4-8-21(22)23)24(19-6-2-1-3-7-19)27-15-14-18-10-12-20(13-11-18)26-29-17-30-31-26/h1-13,16,24,27-28H,14-15,17H2/t24-/m0/s1. The van der Waals surface area contributed by atoms with Crippen molar-refractivity contribution in [3.63, 3.8) is 0 Å². The van der Waals surface area contributed by atoms with Gasteiger partial charge in [-0.3, -0.25) is 4.79 Å². The zero-order valence-corrected chi connectivity index (χ0v) is 17.5. The number of nitrogens with one attached hydrogen (secondary N) is 2. The minimum absolute atomic E-state index is 0.0635. The number of rotatable bonds is 8. The van der Waals surface area contributed by atoms with E-state index in [1.54, 1.807) is 0 Å². The summed E-state index contributed by atoms with van der Waals surface area (Å²) in [5, 5.41) is 12.4. The fraction of sp³-hybridized carbons (Fsp3) is 0.154. The summed E-state index contributed by atoms with van der Waals surface area (Å²) < 4.78 is 0. The molecule has 32 heavy (non-hydrogen) atoms. The Hall–Kier alpha value is -3.90. The number of fused-ring (bicyclic) bond motifs is 1. The second-order valence-corrected chi connectivity index (χ2v) is 7.72. The van der Waals surface area contributed by atoms with Crippen LogP contribution in [0.25, 0.3) is 10.9 Å². The van der Waals surface area contributed by atoms with Gasteiger partial charge in [-0.25, -0.2) is 4.99 Å². The third-order valence-electron chi connectivity index (χ3n) is 5.67. The molecule has 0 saturated heterocycles. The van der Waals surface area contributed by atoms with E-state index in [0.29, 0.717) is 24.6 Å². The fourth-order valence-corrected chi connectivity index (χ4v) is 4.00. The van der Waals surface area contributed by atoms with Crippen LogP contribution in [0.2, 0.25) is 0 Å². The molecule has 1 aliphatic rings. The van der Waals surface area contributed by atoms with E-state index in [1.807, 2.05) is 72.9 Å². The van der Waals surface area contributed by atoms with Gasteiger partial charge in [-0.05, 0) is 23.6 Å². The summed E-state index contributed by atoms with van der Waals surface area (Å²) >= 11 is 0. The van der Waals surface area contributed by atoms with E-state index in [1.165, 1.54) is 5.56 Å². The maximum atomic E-state index is 13.5. The first-order valence-corrected chi connectivity index (χ1v) is 10.7. The maximum absolute atomic E-state index is 13.5. The molecule has 1 aliphatic heterocycles. The van der Waals surface area contributed by atoms with Crippen LogP contribution in [-0.4, -0.2) is 29.8 Å². The zero-order valence-electron chi connectivity index (χ0n) is 17.5. The summed E-state index contributed by atoms with van der Waals surface area (Å²) in [4.78, 5) is 21.0. The number of aliphatic imine (C=N–C) groups is 1. The molecule has 3 aromatic carbocycles. The van der Waals surface area contributed by atoms with Crippen LogP contribution in [-0.2, 0) is 6.42 Å². The SMILES string of the molecule is O=C(c1c[nH]c2ccccc12)[C@@H](NCCc1ccc(C2=NCN=N2)cc1)c1ccccc1. The van der Waals surface area contributed by atoms with Gasteiger partial charge in [0.25, 0.3) is 0 Å². The lowest BCUT2D eigenvalue weighted by atomic mass is 9.96. The number of aromatic nitrogens is 1. The van der Waals surface area contributed by atoms with Crippen molar-refractivity contribution in [2.24, 2.45) is 15.2 Å². The number of carbonyl (C=O) groups excluding carboxylic acids is 1. The van der Waals surface area contributed by atoms with Crippen LogP contribution in [0.5, 0.6) is 0 Å². The van der Waals surface area contributed by atoms with Crippen molar-refractivity contribution in [3.05, 3.63) is 107 Å². The molecule has 5 rings (SSSR count). The Bertz CT molecular complexity index is 1290. The van der Waals surface area contributed by atoms with Gasteiger partial charge in [0.1, 0.15) is 0 Å². The number of para-hydroxylation sites is 1. The van der Waals surface area contributed by atoms with Crippen molar-refractivity contribution in [2.75, 3.05) is 13.2 Å². The van der Waals surface area contributed by atoms with Gasteiger partial charge >= 0.3 is 0 Å². The van der Waals surface area contributed by atoms with Crippen molar-refractivity contribution < 1.29 is 4.79 Å². The minimum atomic E-state index is -0.414. The summed E-state index contributed by atoms with van der Waals surface area (Å²) in [5.41, 5.74) is 4.79. The Kier molecular flexibility index (Phi) is 5.68. The van der Waals surface area contributed by atoms with Crippen LogP contribution < -0.4 is 5.32 Å². The van der Waals surface area contributed by atoms with Crippen molar-refractivity contribution in [1.29, 1.82) is 0 Å². The van der Waals surface area contributed by atoms with E-state index in [4.69, 9.17) is 0 Å². The molecule has 1 atom stereocenters. The van der Waals surface area contributed by atoms with Gasteiger partial charge in [-0.1, -0.05) is 72.8 Å². The molecule has 6 nitrogen and oxygen atoms in total. The number of aromatic amines is 1. The van der Waals surface area contributed by atoms with Crippen LogP contribution in [0, 0.1) is 0 Å². The molecule has 1 aromatic heterocycles. The van der Waals surface area contributed by atoms with Crippen LogP contribution in [0.1, 0.15) is 33.1 Å². The Morgan fingerprint density at radius 3 is 2.53 bits per heavy atom. The van der Waals surface area contributed by atoms with Crippen LogP contribution in [0.4, 0.5) is 0 Å². The first-order chi connectivity index (χ1) is 15.8. The summed E-state index contributed by atoms with van der Waals surface area (Å²) in [7, 11) is 0. The quantitative estimate of drug-likeness (QED) is 0.388. The molecule has 6 heteroatoms. The first-order valence-electron chi connectivity index (χ1n) is 10.7. The number of azo groups is 1. The number of nitrogens with zero attached hydrogens (tertiary/aromatic N) is 3.